The van der Waals surface area contributed by atoms with Crippen molar-refractivity contribution < 1.29 is 39.0 Å². The molecule has 0 saturated heterocycles. The molecule has 21 heavy (non-hydrogen) atoms. The summed E-state index contributed by atoms with van der Waals surface area (Å²) >= 11 is 2.31. The van der Waals surface area contributed by atoms with Gasteiger partial charge in [0.1, 0.15) is 0 Å². The number of ether oxygens (including phenoxy) is 1. The molecule has 0 aliphatic carbocycles. The first kappa shape index (κ1) is 25.0. The van der Waals surface area contributed by atoms with Crippen molar-refractivity contribution >= 4 is 11.9 Å². The van der Waals surface area contributed by atoms with Crippen molar-refractivity contribution in [3.63, 3.8) is 0 Å². The minimum atomic E-state index is -0.724. The fourth-order valence-corrected chi connectivity index (χ4v) is 1.51. The molecule has 0 saturated carbocycles. The fourth-order valence-electron chi connectivity index (χ4n) is 1.51. The Kier molecular flexibility index (Phi) is 28.6. The molecule has 0 spiro atoms. The summed E-state index contributed by atoms with van der Waals surface area (Å²) in [6.45, 7) is 11.0. The SMILES string of the molecule is [CH-]=C.[CH2-]CCOC(=O)CCCCCCCCC(=O)O.[O]=[Co]. The average Bonchev–Trinajstić information content (AvgIpc) is 2.51. The monoisotopic (exact) mass is 345 g/mol. The molecule has 0 aliphatic rings. The van der Waals surface area contributed by atoms with Crippen molar-refractivity contribution in [2.45, 2.75) is 57.8 Å². The molecule has 6 heteroatoms. The first-order chi connectivity index (χ1) is 10.2. The molecule has 0 aliphatic heterocycles. The predicted molar refractivity (Wildman–Crippen MR) is 76.1 cm³/mol. The number of carboxylic acid groups (broad SMARTS) is 1. The van der Waals surface area contributed by atoms with Crippen molar-refractivity contribution in [3.05, 3.63) is 20.1 Å². The number of carbonyl (C=O) groups is 2. The Hall–Kier alpha value is -1.01. The van der Waals surface area contributed by atoms with Crippen molar-refractivity contribution in [2.75, 3.05) is 6.61 Å². The second kappa shape index (κ2) is 24.0. The average molecular weight is 345 g/mol. The standard InChI is InChI=1S/C13H23O4.C2H3.Co.O/c1-2-11-17-13(16)10-8-6-4-3-5-7-9-12(14)15;1-2;;/h1-11H2,(H,14,15);1H,2H2;;/q2*-1;;. The van der Waals surface area contributed by atoms with E-state index in [2.05, 4.69) is 35.7 Å². The molecule has 5 nitrogen and oxygen atoms in total. The van der Waals surface area contributed by atoms with Gasteiger partial charge in [0, 0.05) is 12.8 Å². The van der Waals surface area contributed by atoms with Gasteiger partial charge in [-0.15, -0.1) is 6.42 Å². The second-order valence-electron chi connectivity index (χ2n) is 4.09. The number of unbranched alkanes of at least 4 members (excludes halogenated alkanes) is 5. The topological polar surface area (TPSA) is 80.7 Å². The number of carboxylic acids is 1. The zero-order valence-electron chi connectivity index (χ0n) is 12.5. The fraction of sp³-hybridized carbons (Fsp3) is 0.667. The maximum atomic E-state index is 11.1. The van der Waals surface area contributed by atoms with E-state index in [-0.39, 0.29) is 12.4 Å². The van der Waals surface area contributed by atoms with Gasteiger partial charge in [-0.2, -0.15) is 0 Å². The first-order valence-electron chi connectivity index (χ1n) is 6.88. The summed E-state index contributed by atoms with van der Waals surface area (Å²) in [6.07, 6.45) is 7.03. The quantitative estimate of drug-likeness (QED) is 0.352. The van der Waals surface area contributed by atoms with Gasteiger partial charge in [-0.05, 0) is 12.8 Å². The van der Waals surface area contributed by atoms with Gasteiger partial charge in [0.2, 0.25) is 0 Å². The van der Waals surface area contributed by atoms with E-state index >= 15 is 0 Å². The van der Waals surface area contributed by atoms with E-state index in [1.54, 1.807) is 0 Å². The van der Waals surface area contributed by atoms with Gasteiger partial charge in [-0.1, -0.05) is 25.7 Å². The van der Waals surface area contributed by atoms with E-state index < -0.39 is 5.97 Å². The molecular formula is C15H26CoO5-2. The van der Waals surface area contributed by atoms with Crippen LogP contribution in [0.2, 0.25) is 0 Å². The Morgan fingerprint density at radius 2 is 1.43 bits per heavy atom. The molecule has 1 N–H and O–H groups in total. The van der Waals surface area contributed by atoms with Crippen LogP contribution in [-0.4, -0.2) is 23.7 Å². The Balaban J connectivity index is -0.000000739. The van der Waals surface area contributed by atoms with Crippen LogP contribution < -0.4 is 0 Å². The van der Waals surface area contributed by atoms with E-state index in [0.717, 1.165) is 38.5 Å². The van der Waals surface area contributed by atoms with Crippen LogP contribution in [0.15, 0.2) is 6.58 Å². The van der Waals surface area contributed by atoms with E-state index in [4.69, 9.17) is 13.7 Å². The van der Waals surface area contributed by atoms with E-state index in [1.807, 2.05) is 0 Å². The van der Waals surface area contributed by atoms with E-state index in [9.17, 15) is 9.59 Å². The molecule has 0 fully saturated rings. The number of hydrogen-bond acceptors (Lipinski definition) is 4. The van der Waals surface area contributed by atoms with Crippen LogP contribution in [0.4, 0.5) is 0 Å². The van der Waals surface area contributed by atoms with Crippen LogP contribution in [0, 0.1) is 13.5 Å². The Labute approximate surface area is 135 Å². The maximum absolute atomic E-state index is 11.1. The minimum absolute atomic E-state index is 0.139. The van der Waals surface area contributed by atoms with Crippen LogP contribution in [0.1, 0.15) is 57.8 Å². The summed E-state index contributed by atoms with van der Waals surface area (Å²) in [5.74, 6) is -0.863. The zero-order valence-corrected chi connectivity index (χ0v) is 13.5. The molecular weight excluding hydrogens is 319 g/mol. The third-order valence-electron chi connectivity index (χ3n) is 2.43. The molecule has 0 radical (unpaired) electrons. The number of carbonyl (C=O) groups excluding carboxylic acids is 1. The normalized spacial score (nSPS) is 8.67. The molecule has 0 aromatic rings. The van der Waals surface area contributed by atoms with E-state index in [1.165, 1.54) is 0 Å². The molecule has 0 rings (SSSR count). The van der Waals surface area contributed by atoms with Crippen molar-refractivity contribution in [1.29, 1.82) is 0 Å². The number of rotatable bonds is 11. The number of esters is 1. The van der Waals surface area contributed by atoms with Crippen molar-refractivity contribution in [3.8, 4) is 0 Å². The molecule has 0 atom stereocenters. The molecule has 127 valence electrons. The van der Waals surface area contributed by atoms with Gasteiger partial charge in [-0.25, -0.2) is 0 Å². The third kappa shape index (κ3) is 28.0. The number of aliphatic carboxylic acids is 1. The summed E-state index contributed by atoms with van der Waals surface area (Å²) in [4.78, 5) is 21.3. The van der Waals surface area contributed by atoms with Gasteiger partial charge in [-0.3, -0.25) is 16.2 Å². The molecule has 0 aromatic carbocycles. The Morgan fingerprint density at radius 3 is 1.86 bits per heavy atom. The van der Waals surface area contributed by atoms with E-state index in [0.29, 0.717) is 19.4 Å². The zero-order chi connectivity index (χ0) is 16.9. The molecule has 0 amide bonds. The summed E-state index contributed by atoms with van der Waals surface area (Å²) in [5, 5.41) is 8.43. The second-order valence-corrected chi connectivity index (χ2v) is 4.09. The molecule has 0 unspecified atom stereocenters. The third-order valence-corrected chi connectivity index (χ3v) is 2.43. The van der Waals surface area contributed by atoms with Gasteiger partial charge in [0.25, 0.3) is 0 Å². The van der Waals surface area contributed by atoms with Gasteiger partial charge in [0.15, 0.2) is 0 Å². The predicted octanol–water partition coefficient (Wildman–Crippen LogP) is 3.44. The number of hydrogen-bond donors (Lipinski definition) is 1. The van der Waals surface area contributed by atoms with Crippen LogP contribution in [0.25, 0.3) is 0 Å². The van der Waals surface area contributed by atoms with Gasteiger partial charge < -0.3 is 23.3 Å². The van der Waals surface area contributed by atoms with Crippen molar-refractivity contribution in [1.82, 2.24) is 0 Å². The summed E-state index contributed by atoms with van der Waals surface area (Å²) in [5.41, 5.74) is 0. The summed E-state index contributed by atoms with van der Waals surface area (Å²) < 4.78 is 12.8. The first-order valence-corrected chi connectivity index (χ1v) is 7.30. The Bertz CT molecular complexity index is 244. The Morgan fingerprint density at radius 1 is 1.00 bits per heavy atom. The summed E-state index contributed by atoms with van der Waals surface area (Å²) in [7, 11) is 0. The van der Waals surface area contributed by atoms with Crippen molar-refractivity contribution in [2.24, 2.45) is 0 Å². The van der Waals surface area contributed by atoms with Gasteiger partial charge >= 0.3 is 31.5 Å². The van der Waals surface area contributed by atoms with Gasteiger partial charge in [0.05, 0.1) is 6.61 Å². The molecule has 0 bridgehead atoms. The van der Waals surface area contributed by atoms with Crippen LogP contribution >= 0.6 is 0 Å². The molecule has 0 aromatic heterocycles. The van der Waals surface area contributed by atoms with Crippen LogP contribution in [0.5, 0.6) is 0 Å². The summed E-state index contributed by atoms with van der Waals surface area (Å²) in [6, 6.07) is 0. The van der Waals surface area contributed by atoms with Crippen LogP contribution in [-0.2, 0) is 33.9 Å². The molecule has 0 heterocycles. The van der Waals surface area contributed by atoms with Crippen LogP contribution in [0.3, 0.4) is 0 Å².